The summed E-state index contributed by atoms with van der Waals surface area (Å²) in [4.78, 5) is 10.3. The molecule has 2 aliphatic rings. The average molecular weight is 292 g/mol. The molecule has 4 atom stereocenters. The first-order chi connectivity index (χ1) is 10.4. The number of hydrogen-bond donors (Lipinski definition) is 0. The molecule has 114 valence electrons. The quantitative estimate of drug-likeness (QED) is 0.561. The summed E-state index contributed by atoms with van der Waals surface area (Å²) in [6.45, 7) is 1.99. The molecule has 5 nitrogen and oxygen atoms in total. The van der Waals surface area contributed by atoms with Crippen molar-refractivity contribution in [3.05, 3.63) is 35.9 Å². The fourth-order valence-electron chi connectivity index (χ4n) is 2.76. The second kappa shape index (κ2) is 7.13. The van der Waals surface area contributed by atoms with E-state index in [0.29, 0.717) is 32.8 Å². The molecule has 0 unspecified atom stereocenters. The molecule has 0 saturated carbocycles. The van der Waals surface area contributed by atoms with Gasteiger partial charge in [0, 0.05) is 6.42 Å². The molecule has 5 heteroatoms. The fourth-order valence-corrected chi connectivity index (χ4v) is 2.76. The molecular weight excluding hydrogens is 272 g/mol. The maximum absolute atomic E-state index is 10.3. The molecule has 0 spiro atoms. The van der Waals surface area contributed by atoms with Crippen molar-refractivity contribution in [1.82, 2.24) is 0 Å². The van der Waals surface area contributed by atoms with Gasteiger partial charge in [0.15, 0.2) is 0 Å². The number of carbonyl (C=O) groups is 1. The summed E-state index contributed by atoms with van der Waals surface area (Å²) < 4.78 is 23.1. The standard InChI is InChI=1S/C16H20O5/c17-7-4-8-18-13-10-20-16-14(11-21-15(13)16)19-9-12-5-2-1-3-6-12/h1-3,5-7,13-16H,4,8-11H2/t13-,14-,15-,16-/m1/s1. The molecule has 2 aliphatic heterocycles. The molecule has 0 aliphatic carbocycles. The van der Waals surface area contributed by atoms with Gasteiger partial charge in [-0.3, -0.25) is 0 Å². The Morgan fingerprint density at radius 1 is 1.05 bits per heavy atom. The minimum absolute atomic E-state index is 0.0603. The van der Waals surface area contributed by atoms with Gasteiger partial charge in [-0.2, -0.15) is 0 Å². The van der Waals surface area contributed by atoms with Gasteiger partial charge in [0.25, 0.3) is 0 Å². The number of fused-ring (bicyclic) bond motifs is 1. The Kier molecular flexibility index (Phi) is 4.98. The van der Waals surface area contributed by atoms with Gasteiger partial charge in [-0.05, 0) is 5.56 Å². The van der Waals surface area contributed by atoms with Crippen LogP contribution in [0.15, 0.2) is 30.3 Å². The Bertz CT molecular complexity index is 449. The van der Waals surface area contributed by atoms with Crippen molar-refractivity contribution in [2.45, 2.75) is 37.4 Å². The monoisotopic (exact) mass is 292 g/mol. The highest BCUT2D eigenvalue weighted by molar-refractivity contribution is 5.49. The summed E-state index contributed by atoms with van der Waals surface area (Å²) >= 11 is 0. The highest BCUT2D eigenvalue weighted by Crippen LogP contribution is 2.30. The first kappa shape index (κ1) is 14.7. The van der Waals surface area contributed by atoms with E-state index in [0.717, 1.165) is 11.8 Å². The molecule has 2 fully saturated rings. The number of hydrogen-bond acceptors (Lipinski definition) is 5. The molecule has 21 heavy (non-hydrogen) atoms. The van der Waals surface area contributed by atoms with E-state index < -0.39 is 0 Å². The third-order valence-electron chi connectivity index (χ3n) is 3.84. The second-order valence-electron chi connectivity index (χ2n) is 5.30. The van der Waals surface area contributed by atoms with Gasteiger partial charge in [0.05, 0.1) is 26.4 Å². The van der Waals surface area contributed by atoms with E-state index in [1.165, 1.54) is 0 Å². The van der Waals surface area contributed by atoms with Crippen LogP contribution in [0.2, 0.25) is 0 Å². The van der Waals surface area contributed by atoms with Crippen LogP contribution < -0.4 is 0 Å². The predicted octanol–water partition coefficient (Wildman–Crippen LogP) is 1.34. The summed E-state index contributed by atoms with van der Waals surface area (Å²) in [5, 5.41) is 0. The zero-order chi connectivity index (χ0) is 14.5. The highest BCUT2D eigenvalue weighted by atomic mass is 16.6. The Morgan fingerprint density at radius 3 is 2.38 bits per heavy atom. The normalized spacial score (nSPS) is 31.2. The van der Waals surface area contributed by atoms with Crippen LogP contribution in [0, 0.1) is 0 Å². The predicted molar refractivity (Wildman–Crippen MR) is 74.9 cm³/mol. The minimum atomic E-state index is -0.0970. The van der Waals surface area contributed by atoms with Crippen molar-refractivity contribution in [2.24, 2.45) is 0 Å². The van der Waals surface area contributed by atoms with E-state index in [2.05, 4.69) is 0 Å². The zero-order valence-electron chi connectivity index (χ0n) is 11.9. The van der Waals surface area contributed by atoms with Crippen molar-refractivity contribution in [3.63, 3.8) is 0 Å². The third kappa shape index (κ3) is 3.49. The first-order valence-corrected chi connectivity index (χ1v) is 7.32. The Morgan fingerprint density at radius 2 is 1.71 bits per heavy atom. The van der Waals surface area contributed by atoms with Crippen molar-refractivity contribution >= 4 is 6.29 Å². The molecular formula is C16H20O5. The molecule has 2 heterocycles. The molecule has 0 N–H and O–H groups in total. The molecule has 0 radical (unpaired) electrons. The van der Waals surface area contributed by atoms with E-state index in [1.54, 1.807) is 0 Å². The number of benzene rings is 1. The third-order valence-corrected chi connectivity index (χ3v) is 3.84. The van der Waals surface area contributed by atoms with Crippen LogP contribution in [0.25, 0.3) is 0 Å². The number of carbonyl (C=O) groups excluding carboxylic acids is 1. The Labute approximate surface area is 124 Å². The van der Waals surface area contributed by atoms with E-state index in [-0.39, 0.29) is 24.4 Å². The molecule has 3 rings (SSSR count). The van der Waals surface area contributed by atoms with E-state index in [9.17, 15) is 4.79 Å². The highest BCUT2D eigenvalue weighted by Gasteiger charge is 2.48. The molecule has 0 aromatic heterocycles. The Balaban J connectivity index is 1.48. The number of rotatable bonds is 7. The van der Waals surface area contributed by atoms with Crippen molar-refractivity contribution in [3.8, 4) is 0 Å². The molecule has 0 amide bonds. The van der Waals surface area contributed by atoms with Crippen LogP contribution >= 0.6 is 0 Å². The van der Waals surface area contributed by atoms with E-state index in [1.807, 2.05) is 30.3 Å². The second-order valence-corrected chi connectivity index (χ2v) is 5.30. The van der Waals surface area contributed by atoms with Gasteiger partial charge >= 0.3 is 0 Å². The van der Waals surface area contributed by atoms with Gasteiger partial charge in [-0.1, -0.05) is 30.3 Å². The van der Waals surface area contributed by atoms with Crippen LogP contribution in [-0.4, -0.2) is 50.5 Å². The lowest BCUT2D eigenvalue weighted by atomic mass is 10.1. The van der Waals surface area contributed by atoms with Gasteiger partial charge in [0.2, 0.25) is 0 Å². The average Bonchev–Trinajstić information content (AvgIpc) is 3.09. The van der Waals surface area contributed by atoms with Crippen LogP contribution in [0.3, 0.4) is 0 Å². The largest absolute Gasteiger partial charge is 0.373 e. The van der Waals surface area contributed by atoms with Gasteiger partial charge in [0.1, 0.15) is 30.7 Å². The van der Waals surface area contributed by atoms with E-state index in [4.69, 9.17) is 18.9 Å². The number of ether oxygens (including phenoxy) is 4. The summed E-state index contributed by atoms with van der Waals surface area (Å²) in [6.07, 6.45) is 0.943. The van der Waals surface area contributed by atoms with Crippen LogP contribution in [0.4, 0.5) is 0 Å². The smallest absolute Gasteiger partial charge is 0.122 e. The maximum atomic E-state index is 10.3. The van der Waals surface area contributed by atoms with Crippen molar-refractivity contribution in [2.75, 3.05) is 19.8 Å². The van der Waals surface area contributed by atoms with Gasteiger partial charge < -0.3 is 23.7 Å². The summed E-state index contributed by atoms with van der Waals surface area (Å²) in [6, 6.07) is 10.0. The van der Waals surface area contributed by atoms with Crippen LogP contribution in [0.1, 0.15) is 12.0 Å². The van der Waals surface area contributed by atoms with Crippen molar-refractivity contribution in [1.29, 1.82) is 0 Å². The number of aldehydes is 1. The first-order valence-electron chi connectivity index (χ1n) is 7.32. The summed E-state index contributed by atoms with van der Waals surface area (Å²) in [5.41, 5.74) is 1.14. The van der Waals surface area contributed by atoms with Crippen molar-refractivity contribution < 1.29 is 23.7 Å². The Hall–Kier alpha value is -1.27. The summed E-state index contributed by atoms with van der Waals surface area (Å²) in [7, 11) is 0. The van der Waals surface area contributed by atoms with Gasteiger partial charge in [-0.15, -0.1) is 0 Å². The maximum Gasteiger partial charge on any atom is 0.122 e. The molecule has 2 saturated heterocycles. The minimum Gasteiger partial charge on any atom is -0.373 e. The van der Waals surface area contributed by atoms with Gasteiger partial charge in [-0.25, -0.2) is 0 Å². The van der Waals surface area contributed by atoms with E-state index >= 15 is 0 Å². The fraction of sp³-hybridized carbons (Fsp3) is 0.562. The molecule has 1 aromatic rings. The lowest BCUT2D eigenvalue weighted by molar-refractivity contribution is -0.110. The lowest BCUT2D eigenvalue weighted by Crippen LogP contribution is -2.34. The zero-order valence-corrected chi connectivity index (χ0v) is 11.9. The lowest BCUT2D eigenvalue weighted by Gasteiger charge is -2.17. The molecule has 0 bridgehead atoms. The topological polar surface area (TPSA) is 54.0 Å². The SMILES string of the molecule is O=CCCO[C@@H]1CO[C@H]2[C@@H]1OC[C@H]2OCc1ccccc1. The molecule has 1 aromatic carbocycles. The summed E-state index contributed by atoms with van der Waals surface area (Å²) in [5.74, 6) is 0. The van der Waals surface area contributed by atoms with Crippen LogP contribution in [-0.2, 0) is 30.3 Å². The van der Waals surface area contributed by atoms with Crippen LogP contribution in [0.5, 0.6) is 0 Å².